The van der Waals surface area contributed by atoms with E-state index >= 15 is 4.39 Å². The SMILES string of the molecule is CCCP(C)ONc1cccc(-c2nc(C3CC3)sc2-c2ccnc(N)n2)c1F. The first kappa shape index (κ1) is 20.1. The zero-order valence-electron chi connectivity index (χ0n) is 16.4. The Bertz CT molecular complexity index is 1010. The van der Waals surface area contributed by atoms with Gasteiger partial charge in [0, 0.05) is 17.7 Å². The van der Waals surface area contributed by atoms with Gasteiger partial charge in [-0.2, -0.15) is 0 Å². The molecule has 9 heteroatoms. The molecule has 1 aliphatic rings. The average Bonchev–Trinajstić information content (AvgIpc) is 3.46. The summed E-state index contributed by atoms with van der Waals surface area (Å²) < 4.78 is 21.0. The van der Waals surface area contributed by atoms with Gasteiger partial charge in [-0.15, -0.1) is 11.3 Å². The lowest BCUT2D eigenvalue weighted by molar-refractivity contribution is 0.445. The summed E-state index contributed by atoms with van der Waals surface area (Å²) in [6, 6.07) is 6.99. The van der Waals surface area contributed by atoms with E-state index in [1.807, 2.05) is 6.66 Å². The van der Waals surface area contributed by atoms with Crippen LogP contribution in [0.2, 0.25) is 0 Å². The van der Waals surface area contributed by atoms with Gasteiger partial charge in [0.1, 0.15) is 0 Å². The van der Waals surface area contributed by atoms with Crippen LogP contribution in [0.5, 0.6) is 0 Å². The number of nitrogens with one attached hydrogen (secondary N) is 1. The van der Waals surface area contributed by atoms with Gasteiger partial charge in [-0.25, -0.2) is 19.3 Å². The Morgan fingerprint density at radius 2 is 2.14 bits per heavy atom. The van der Waals surface area contributed by atoms with Gasteiger partial charge >= 0.3 is 0 Å². The molecule has 6 nitrogen and oxygen atoms in total. The quantitative estimate of drug-likeness (QED) is 0.354. The van der Waals surface area contributed by atoms with Crippen molar-refractivity contribution in [2.75, 3.05) is 24.0 Å². The van der Waals surface area contributed by atoms with E-state index < -0.39 is 8.15 Å². The predicted octanol–water partition coefficient (Wildman–Crippen LogP) is 5.65. The summed E-state index contributed by atoms with van der Waals surface area (Å²) >= 11 is 1.55. The normalized spacial score (nSPS) is 14.7. The molecule has 3 N–H and O–H groups in total. The fourth-order valence-corrected chi connectivity index (χ4v) is 5.17. The maximum absolute atomic E-state index is 15.4. The fraction of sp³-hybridized carbons (Fsp3) is 0.350. The molecule has 0 bridgehead atoms. The Kier molecular flexibility index (Phi) is 6.04. The van der Waals surface area contributed by atoms with E-state index in [0.717, 1.165) is 35.3 Å². The average molecular weight is 431 g/mol. The van der Waals surface area contributed by atoms with Crippen LogP contribution in [0, 0.1) is 5.82 Å². The van der Waals surface area contributed by atoms with Gasteiger partial charge < -0.3 is 5.73 Å². The molecule has 1 fully saturated rings. The van der Waals surface area contributed by atoms with Crippen molar-refractivity contribution >= 4 is 31.1 Å². The van der Waals surface area contributed by atoms with Crippen LogP contribution in [-0.2, 0) is 4.62 Å². The first-order valence-corrected chi connectivity index (χ1v) is 12.3. The lowest BCUT2D eigenvalue weighted by Gasteiger charge is -2.14. The zero-order chi connectivity index (χ0) is 20.4. The van der Waals surface area contributed by atoms with E-state index in [0.29, 0.717) is 28.6 Å². The van der Waals surface area contributed by atoms with Crippen LogP contribution in [0.3, 0.4) is 0 Å². The van der Waals surface area contributed by atoms with Crippen LogP contribution in [0.4, 0.5) is 16.0 Å². The van der Waals surface area contributed by atoms with E-state index in [-0.39, 0.29) is 11.8 Å². The third-order valence-electron chi connectivity index (χ3n) is 4.58. The second-order valence-electron chi connectivity index (χ2n) is 7.02. The lowest BCUT2D eigenvalue weighted by Crippen LogP contribution is -2.02. The van der Waals surface area contributed by atoms with Crippen LogP contribution in [-0.4, -0.2) is 27.8 Å². The molecule has 1 aliphatic carbocycles. The largest absolute Gasteiger partial charge is 0.368 e. The first-order valence-electron chi connectivity index (χ1n) is 9.59. The molecule has 1 aromatic carbocycles. The molecule has 0 spiro atoms. The second kappa shape index (κ2) is 8.69. The molecule has 4 rings (SSSR count). The third-order valence-corrected chi connectivity index (χ3v) is 7.30. The molecule has 0 aliphatic heterocycles. The van der Waals surface area contributed by atoms with Crippen molar-refractivity contribution in [1.82, 2.24) is 15.0 Å². The molecule has 1 atom stereocenters. The summed E-state index contributed by atoms with van der Waals surface area (Å²) in [4.78, 5) is 13.9. The molecule has 2 heterocycles. The topological polar surface area (TPSA) is 86.0 Å². The van der Waals surface area contributed by atoms with Crippen molar-refractivity contribution in [2.24, 2.45) is 0 Å². The van der Waals surface area contributed by atoms with E-state index in [1.165, 1.54) is 0 Å². The number of nitrogens with two attached hydrogens (primary N) is 1. The number of nitrogens with zero attached hydrogens (tertiary/aromatic N) is 3. The van der Waals surface area contributed by atoms with Crippen molar-refractivity contribution in [1.29, 1.82) is 0 Å². The standard InChI is InChI=1S/C20H23FN5OPS/c1-3-11-28(2)27-26-14-6-4-5-13(16(14)21)17-18(15-9-10-23-20(22)24-15)29-19(25-17)12-7-8-12/h4-6,9-10,12,26H,3,7-8,11H2,1-2H3,(H2,22,23,24). The Morgan fingerprint density at radius 3 is 2.86 bits per heavy atom. The van der Waals surface area contributed by atoms with Crippen LogP contribution in [0.15, 0.2) is 30.5 Å². The molecule has 29 heavy (non-hydrogen) atoms. The highest BCUT2D eigenvalue weighted by atomic mass is 32.1. The van der Waals surface area contributed by atoms with Crippen LogP contribution >= 0.6 is 19.5 Å². The van der Waals surface area contributed by atoms with Gasteiger partial charge in [-0.1, -0.05) is 13.0 Å². The number of thiazole rings is 1. The van der Waals surface area contributed by atoms with Crippen molar-refractivity contribution in [2.45, 2.75) is 32.1 Å². The Hall–Kier alpha value is -2.15. The third kappa shape index (κ3) is 4.55. The number of aromatic nitrogens is 3. The minimum Gasteiger partial charge on any atom is -0.368 e. The molecule has 0 amide bonds. The number of nitrogen functional groups attached to an aromatic ring is 1. The highest BCUT2D eigenvalue weighted by Crippen LogP contribution is 2.47. The van der Waals surface area contributed by atoms with E-state index in [4.69, 9.17) is 15.3 Å². The van der Waals surface area contributed by atoms with Crippen LogP contribution in [0.1, 0.15) is 37.1 Å². The van der Waals surface area contributed by atoms with Crippen LogP contribution in [0.25, 0.3) is 21.8 Å². The molecular weight excluding hydrogens is 408 g/mol. The molecule has 0 saturated heterocycles. The summed E-state index contributed by atoms with van der Waals surface area (Å²) in [6.07, 6.45) is 5.83. The van der Waals surface area contributed by atoms with Crippen molar-refractivity contribution in [3.63, 3.8) is 0 Å². The van der Waals surface area contributed by atoms with Gasteiger partial charge in [0.25, 0.3) is 0 Å². The molecule has 1 saturated carbocycles. The molecule has 152 valence electrons. The molecule has 1 unspecified atom stereocenters. The van der Waals surface area contributed by atoms with Crippen molar-refractivity contribution in [3.8, 4) is 21.8 Å². The molecule has 3 aromatic rings. The van der Waals surface area contributed by atoms with Crippen LogP contribution < -0.4 is 11.2 Å². The van der Waals surface area contributed by atoms with Gasteiger partial charge in [0.2, 0.25) is 5.95 Å². The number of hydrogen-bond donors (Lipinski definition) is 2. The molecule has 0 radical (unpaired) electrons. The number of anilines is 2. The lowest BCUT2D eigenvalue weighted by atomic mass is 10.1. The highest BCUT2D eigenvalue weighted by molar-refractivity contribution is 7.51. The highest BCUT2D eigenvalue weighted by Gasteiger charge is 2.30. The maximum Gasteiger partial charge on any atom is 0.220 e. The van der Waals surface area contributed by atoms with E-state index in [2.05, 4.69) is 22.4 Å². The maximum atomic E-state index is 15.4. The van der Waals surface area contributed by atoms with Gasteiger partial charge in [-0.3, -0.25) is 10.1 Å². The number of benzene rings is 1. The number of hydrogen-bond acceptors (Lipinski definition) is 7. The van der Waals surface area contributed by atoms with E-state index in [9.17, 15) is 0 Å². The summed E-state index contributed by atoms with van der Waals surface area (Å²) in [7, 11) is -0.645. The summed E-state index contributed by atoms with van der Waals surface area (Å²) in [5.74, 6) is 0.256. The minimum absolute atomic E-state index is 0.186. The minimum atomic E-state index is -0.645. The van der Waals surface area contributed by atoms with E-state index in [1.54, 1.807) is 41.8 Å². The summed E-state index contributed by atoms with van der Waals surface area (Å²) in [5, 5.41) is 1.02. The second-order valence-corrected chi connectivity index (χ2v) is 9.93. The molecule has 2 aromatic heterocycles. The summed E-state index contributed by atoms with van der Waals surface area (Å²) in [6.45, 7) is 4.12. The fourth-order valence-electron chi connectivity index (χ4n) is 2.98. The zero-order valence-corrected chi connectivity index (χ0v) is 18.1. The Morgan fingerprint density at radius 1 is 1.31 bits per heavy atom. The van der Waals surface area contributed by atoms with Gasteiger partial charge in [0.15, 0.2) is 5.82 Å². The first-order chi connectivity index (χ1) is 14.1. The van der Waals surface area contributed by atoms with Gasteiger partial charge in [-0.05, 0) is 50.3 Å². The number of halogens is 1. The summed E-state index contributed by atoms with van der Waals surface area (Å²) in [5.41, 5.74) is 10.5. The Labute approximate surface area is 174 Å². The Balaban J connectivity index is 1.72. The smallest absolute Gasteiger partial charge is 0.220 e. The van der Waals surface area contributed by atoms with Gasteiger partial charge in [0.05, 0.1) is 35.1 Å². The number of rotatable bonds is 8. The monoisotopic (exact) mass is 431 g/mol. The predicted molar refractivity (Wildman–Crippen MR) is 118 cm³/mol. The van der Waals surface area contributed by atoms with Crippen molar-refractivity contribution < 1.29 is 9.01 Å². The molecular formula is C20H23FN5OPS. The van der Waals surface area contributed by atoms with Crippen molar-refractivity contribution in [3.05, 3.63) is 41.3 Å².